The van der Waals surface area contributed by atoms with E-state index >= 15 is 0 Å². The van der Waals surface area contributed by atoms with Crippen molar-refractivity contribution in [2.45, 2.75) is 26.7 Å². The minimum Gasteiger partial charge on any atom is -0.399 e. The van der Waals surface area contributed by atoms with Crippen molar-refractivity contribution in [1.82, 2.24) is 0 Å². The zero-order chi connectivity index (χ0) is 10.9. The van der Waals surface area contributed by atoms with Gasteiger partial charge in [-0.25, -0.2) is 4.39 Å². The van der Waals surface area contributed by atoms with Crippen molar-refractivity contribution in [1.29, 1.82) is 0 Å². The minimum atomic E-state index is -0.527. The highest BCUT2D eigenvalue weighted by Crippen LogP contribution is 2.25. The van der Waals surface area contributed by atoms with Crippen LogP contribution in [0.15, 0.2) is 12.1 Å². The molecular formula is C11H15F2NO. The lowest BCUT2D eigenvalue weighted by Gasteiger charge is -2.12. The van der Waals surface area contributed by atoms with E-state index in [1.165, 1.54) is 13.0 Å². The lowest BCUT2D eigenvalue weighted by Crippen LogP contribution is -2.06. The van der Waals surface area contributed by atoms with Crippen molar-refractivity contribution in [3.8, 4) is 0 Å². The van der Waals surface area contributed by atoms with Crippen LogP contribution in [0.1, 0.15) is 42.6 Å². The summed E-state index contributed by atoms with van der Waals surface area (Å²) in [4.78, 5) is 11.2. The minimum absolute atomic E-state index is 0. The maximum absolute atomic E-state index is 13.4. The molecule has 0 amide bonds. The molecule has 0 saturated carbocycles. The van der Waals surface area contributed by atoms with Gasteiger partial charge in [0, 0.05) is 5.69 Å². The number of carbonyl (C=O) groups excluding carboxylic acids is 1. The quantitative estimate of drug-likeness (QED) is 0.609. The highest BCUT2D eigenvalue weighted by molar-refractivity contribution is 5.96. The summed E-state index contributed by atoms with van der Waals surface area (Å²) in [6.45, 7) is 5.17. The summed E-state index contributed by atoms with van der Waals surface area (Å²) in [5, 5.41) is 0. The van der Waals surface area contributed by atoms with Crippen molar-refractivity contribution in [2.75, 3.05) is 5.73 Å². The van der Waals surface area contributed by atoms with Crippen molar-refractivity contribution in [3.05, 3.63) is 29.1 Å². The van der Waals surface area contributed by atoms with Gasteiger partial charge in [-0.1, -0.05) is 13.8 Å². The van der Waals surface area contributed by atoms with Crippen LogP contribution in [0.25, 0.3) is 0 Å². The van der Waals surface area contributed by atoms with E-state index in [0.717, 1.165) is 0 Å². The molecule has 0 unspecified atom stereocenters. The molecule has 0 aliphatic carbocycles. The number of halogens is 2. The number of ketones is 1. The summed E-state index contributed by atoms with van der Waals surface area (Å²) in [6.07, 6.45) is 0. The van der Waals surface area contributed by atoms with Gasteiger partial charge in [-0.05, 0) is 30.5 Å². The molecule has 1 aromatic rings. The number of rotatable bonds is 2. The maximum atomic E-state index is 13.4. The fourth-order valence-electron chi connectivity index (χ4n) is 1.48. The second-order valence-electron chi connectivity index (χ2n) is 3.68. The number of anilines is 1. The molecular weight excluding hydrogens is 200 g/mol. The second-order valence-corrected chi connectivity index (χ2v) is 3.68. The first kappa shape index (κ1) is 13.5. The Labute approximate surface area is 87.7 Å². The Kier molecular flexibility index (Phi) is 4.40. The molecule has 84 valence electrons. The smallest absolute Gasteiger partial charge is 0.163 e. The van der Waals surface area contributed by atoms with Gasteiger partial charge >= 0.3 is 0 Å². The van der Waals surface area contributed by atoms with Crippen molar-refractivity contribution in [3.63, 3.8) is 0 Å². The largest absolute Gasteiger partial charge is 0.399 e. The Morgan fingerprint density at radius 1 is 1.40 bits per heavy atom. The number of hydrogen-bond donors (Lipinski definition) is 1. The third-order valence-electron chi connectivity index (χ3n) is 2.12. The first-order valence-corrected chi connectivity index (χ1v) is 4.53. The van der Waals surface area contributed by atoms with E-state index in [1.54, 1.807) is 6.07 Å². The normalized spacial score (nSPS) is 9.93. The van der Waals surface area contributed by atoms with Crippen LogP contribution < -0.4 is 5.73 Å². The van der Waals surface area contributed by atoms with Crippen LogP contribution in [0, 0.1) is 5.82 Å². The maximum Gasteiger partial charge on any atom is 0.163 e. The SMILES string of the molecule is CC(=O)c1c(F)cc(N)cc1C(C)C.F. The van der Waals surface area contributed by atoms with E-state index in [9.17, 15) is 9.18 Å². The van der Waals surface area contributed by atoms with Crippen LogP contribution >= 0.6 is 0 Å². The van der Waals surface area contributed by atoms with Gasteiger partial charge < -0.3 is 5.73 Å². The van der Waals surface area contributed by atoms with Gasteiger partial charge in [-0.3, -0.25) is 9.50 Å². The van der Waals surface area contributed by atoms with Crippen LogP contribution in [-0.4, -0.2) is 5.78 Å². The molecule has 0 spiro atoms. The Hall–Kier alpha value is -1.45. The zero-order valence-corrected chi connectivity index (χ0v) is 9.00. The molecule has 0 bridgehead atoms. The monoisotopic (exact) mass is 215 g/mol. The molecule has 0 aliphatic rings. The number of Topliss-reactive ketones (excluding diaryl/α,β-unsaturated/α-hetero) is 1. The molecule has 0 saturated heterocycles. The average molecular weight is 215 g/mol. The third-order valence-corrected chi connectivity index (χ3v) is 2.12. The molecule has 15 heavy (non-hydrogen) atoms. The predicted octanol–water partition coefficient (Wildman–Crippen LogP) is 2.89. The van der Waals surface area contributed by atoms with Crippen LogP contribution in [0.4, 0.5) is 14.8 Å². The first-order chi connectivity index (χ1) is 6.43. The van der Waals surface area contributed by atoms with E-state index in [4.69, 9.17) is 5.73 Å². The summed E-state index contributed by atoms with van der Waals surface area (Å²) >= 11 is 0. The lowest BCUT2D eigenvalue weighted by molar-refractivity contribution is 0.101. The molecule has 2 N–H and O–H groups in total. The van der Waals surface area contributed by atoms with Gasteiger partial charge in [-0.15, -0.1) is 0 Å². The fraction of sp³-hybridized carbons (Fsp3) is 0.364. The zero-order valence-electron chi connectivity index (χ0n) is 9.00. The lowest BCUT2D eigenvalue weighted by atomic mass is 9.94. The molecule has 0 heterocycles. The summed E-state index contributed by atoms with van der Waals surface area (Å²) < 4.78 is 13.4. The van der Waals surface area contributed by atoms with E-state index in [2.05, 4.69) is 0 Å². The molecule has 0 radical (unpaired) electrons. The molecule has 0 fully saturated rings. The summed E-state index contributed by atoms with van der Waals surface area (Å²) in [5.41, 5.74) is 6.71. The third kappa shape index (κ3) is 2.75. The topological polar surface area (TPSA) is 43.1 Å². The second kappa shape index (κ2) is 4.87. The predicted molar refractivity (Wildman–Crippen MR) is 57.4 cm³/mol. The van der Waals surface area contributed by atoms with Gasteiger partial charge in [0.2, 0.25) is 0 Å². The molecule has 0 atom stereocenters. The molecule has 0 aromatic heterocycles. The van der Waals surface area contributed by atoms with E-state index in [1.807, 2.05) is 13.8 Å². The highest BCUT2D eigenvalue weighted by Gasteiger charge is 2.16. The molecule has 1 aromatic carbocycles. The number of benzene rings is 1. The van der Waals surface area contributed by atoms with E-state index in [-0.39, 0.29) is 22.0 Å². The van der Waals surface area contributed by atoms with Gasteiger partial charge in [0.15, 0.2) is 5.78 Å². The van der Waals surface area contributed by atoms with Crippen LogP contribution in [0.5, 0.6) is 0 Å². The molecule has 2 nitrogen and oxygen atoms in total. The van der Waals surface area contributed by atoms with Crippen LogP contribution in [0.2, 0.25) is 0 Å². The van der Waals surface area contributed by atoms with Crippen molar-refractivity contribution >= 4 is 11.5 Å². The number of carbonyl (C=O) groups is 1. The van der Waals surface area contributed by atoms with Crippen molar-refractivity contribution in [2.24, 2.45) is 0 Å². The van der Waals surface area contributed by atoms with Gasteiger partial charge in [0.05, 0.1) is 5.56 Å². The molecule has 0 aliphatic heterocycles. The number of hydrogen-bond acceptors (Lipinski definition) is 2. The Bertz CT molecular complexity index is 375. The van der Waals surface area contributed by atoms with E-state index < -0.39 is 5.82 Å². The van der Waals surface area contributed by atoms with Crippen molar-refractivity contribution < 1.29 is 13.9 Å². The van der Waals surface area contributed by atoms with Crippen LogP contribution in [0.3, 0.4) is 0 Å². The Balaban J connectivity index is 0.00000196. The summed E-state index contributed by atoms with van der Waals surface area (Å²) in [5.74, 6) is -0.695. The molecule has 4 heteroatoms. The Morgan fingerprint density at radius 3 is 2.33 bits per heavy atom. The van der Waals surface area contributed by atoms with Gasteiger partial charge in [0.1, 0.15) is 5.82 Å². The summed E-state index contributed by atoms with van der Waals surface area (Å²) in [6, 6.07) is 2.84. The number of nitrogens with two attached hydrogens (primary N) is 1. The fourth-order valence-corrected chi connectivity index (χ4v) is 1.48. The number of nitrogen functional groups attached to an aromatic ring is 1. The molecule has 1 rings (SSSR count). The first-order valence-electron chi connectivity index (χ1n) is 4.53. The average Bonchev–Trinajstić information content (AvgIpc) is 2.01. The van der Waals surface area contributed by atoms with Crippen LogP contribution in [-0.2, 0) is 0 Å². The van der Waals surface area contributed by atoms with E-state index in [0.29, 0.717) is 11.3 Å². The standard InChI is InChI=1S/C11H14FNO.FH/c1-6(2)9-4-8(13)5-10(12)11(9)7(3)14;/h4-6H,13H2,1-3H3;1H. The highest BCUT2D eigenvalue weighted by atomic mass is 19.1. The Morgan fingerprint density at radius 2 is 1.93 bits per heavy atom. The van der Waals surface area contributed by atoms with Gasteiger partial charge in [0.25, 0.3) is 0 Å². The summed E-state index contributed by atoms with van der Waals surface area (Å²) in [7, 11) is 0. The van der Waals surface area contributed by atoms with Gasteiger partial charge in [-0.2, -0.15) is 0 Å².